The number of nitrogens with two attached hydrogens (primary N) is 1. The van der Waals surface area contributed by atoms with Crippen molar-refractivity contribution in [2.24, 2.45) is 5.73 Å². The second-order valence-corrected chi connectivity index (χ2v) is 6.74. The first kappa shape index (κ1) is 14.4. The number of piperidine rings is 1. The Morgan fingerprint density at radius 1 is 1.42 bits per heavy atom. The zero-order chi connectivity index (χ0) is 14.0. The van der Waals surface area contributed by atoms with E-state index in [1.54, 1.807) is 0 Å². The highest BCUT2D eigenvalue weighted by atomic mass is 32.2. The monoisotopic (exact) mass is 286 g/mol. The van der Waals surface area contributed by atoms with Crippen molar-refractivity contribution in [2.45, 2.75) is 43.7 Å². The molecule has 0 bridgehead atoms. The molecule has 0 amide bonds. The van der Waals surface area contributed by atoms with Gasteiger partial charge in [0.2, 0.25) is 10.0 Å². The van der Waals surface area contributed by atoms with Crippen LogP contribution in [0.4, 0.5) is 4.39 Å². The van der Waals surface area contributed by atoms with E-state index in [0.717, 1.165) is 19.3 Å². The molecule has 1 heterocycles. The lowest BCUT2D eigenvalue weighted by atomic mass is 10.1. The molecule has 6 heteroatoms. The Bertz CT molecular complexity index is 560. The van der Waals surface area contributed by atoms with Crippen LogP contribution in [0.5, 0.6) is 0 Å². The van der Waals surface area contributed by atoms with Crippen LogP contribution in [-0.4, -0.2) is 25.3 Å². The van der Waals surface area contributed by atoms with E-state index in [1.165, 1.54) is 22.5 Å². The number of halogens is 1. The topological polar surface area (TPSA) is 63.4 Å². The van der Waals surface area contributed by atoms with Crippen molar-refractivity contribution >= 4 is 10.0 Å². The molecule has 1 saturated heterocycles. The molecule has 4 nitrogen and oxygen atoms in total. The highest BCUT2D eigenvalue weighted by Gasteiger charge is 2.32. The van der Waals surface area contributed by atoms with Crippen molar-refractivity contribution in [3.63, 3.8) is 0 Å². The summed E-state index contributed by atoms with van der Waals surface area (Å²) in [5.41, 5.74) is 5.56. The average molecular weight is 286 g/mol. The summed E-state index contributed by atoms with van der Waals surface area (Å²) in [7, 11) is -3.66. The first-order valence-corrected chi connectivity index (χ1v) is 7.91. The lowest BCUT2D eigenvalue weighted by molar-refractivity contribution is 0.268. The van der Waals surface area contributed by atoms with E-state index in [-0.39, 0.29) is 23.0 Å². The summed E-state index contributed by atoms with van der Waals surface area (Å²) in [5.74, 6) is -0.562. The Balaban J connectivity index is 2.47. The molecule has 2 rings (SSSR count). The van der Waals surface area contributed by atoms with E-state index in [4.69, 9.17) is 5.73 Å². The Hall–Kier alpha value is -0.980. The van der Waals surface area contributed by atoms with Crippen molar-refractivity contribution in [3.05, 3.63) is 29.6 Å². The molecule has 0 aliphatic carbocycles. The van der Waals surface area contributed by atoms with Crippen LogP contribution in [0.1, 0.15) is 31.7 Å². The molecule has 19 heavy (non-hydrogen) atoms. The predicted molar refractivity (Wildman–Crippen MR) is 71.5 cm³/mol. The lowest BCUT2D eigenvalue weighted by Crippen LogP contribution is -2.42. The summed E-state index contributed by atoms with van der Waals surface area (Å²) in [5, 5.41) is 0. The summed E-state index contributed by atoms with van der Waals surface area (Å²) in [6.07, 6.45) is 2.71. The fraction of sp³-hybridized carbons (Fsp3) is 0.538. The van der Waals surface area contributed by atoms with Gasteiger partial charge in [-0.15, -0.1) is 0 Å². The minimum absolute atomic E-state index is 0.00347. The molecule has 1 fully saturated rings. The minimum Gasteiger partial charge on any atom is -0.326 e. The highest BCUT2D eigenvalue weighted by Crippen LogP contribution is 2.27. The molecular formula is C13H19FN2O2S. The van der Waals surface area contributed by atoms with Crippen LogP contribution in [0, 0.1) is 5.82 Å². The average Bonchev–Trinajstić information content (AvgIpc) is 2.38. The molecular weight excluding hydrogens is 267 g/mol. The van der Waals surface area contributed by atoms with Crippen LogP contribution in [0.15, 0.2) is 23.1 Å². The third-order valence-corrected chi connectivity index (χ3v) is 5.71. The van der Waals surface area contributed by atoms with Gasteiger partial charge in [-0.05, 0) is 31.9 Å². The van der Waals surface area contributed by atoms with Crippen molar-refractivity contribution < 1.29 is 12.8 Å². The van der Waals surface area contributed by atoms with E-state index in [1.807, 2.05) is 6.92 Å². The van der Waals surface area contributed by atoms with Gasteiger partial charge in [-0.1, -0.05) is 12.5 Å². The van der Waals surface area contributed by atoms with E-state index >= 15 is 0 Å². The number of benzene rings is 1. The summed E-state index contributed by atoms with van der Waals surface area (Å²) < 4.78 is 40.4. The van der Waals surface area contributed by atoms with Crippen LogP contribution < -0.4 is 5.73 Å². The van der Waals surface area contributed by atoms with Crippen molar-refractivity contribution in [1.29, 1.82) is 0 Å². The molecule has 1 aromatic carbocycles. The van der Waals surface area contributed by atoms with Crippen molar-refractivity contribution in [1.82, 2.24) is 4.31 Å². The summed E-state index contributed by atoms with van der Waals surface area (Å²) >= 11 is 0. The predicted octanol–water partition coefficient (Wildman–Crippen LogP) is 1.85. The van der Waals surface area contributed by atoms with Gasteiger partial charge in [-0.2, -0.15) is 4.31 Å². The van der Waals surface area contributed by atoms with E-state index in [2.05, 4.69) is 0 Å². The summed E-state index contributed by atoms with van der Waals surface area (Å²) in [6, 6.07) is 4.03. The maximum Gasteiger partial charge on any atom is 0.243 e. The number of rotatable bonds is 3. The molecule has 0 radical (unpaired) electrons. The number of hydrogen-bond donors (Lipinski definition) is 1. The second-order valence-electron chi connectivity index (χ2n) is 4.88. The first-order valence-electron chi connectivity index (χ1n) is 6.47. The third kappa shape index (κ3) is 2.66. The van der Waals surface area contributed by atoms with Gasteiger partial charge in [0, 0.05) is 24.7 Å². The fourth-order valence-corrected chi connectivity index (χ4v) is 4.48. The fourth-order valence-electron chi connectivity index (χ4n) is 2.53. The molecule has 1 unspecified atom stereocenters. The SMILES string of the molecule is CC1CCCCN1S(=O)(=O)c1cccc(F)c1CN. The van der Waals surface area contributed by atoms with Gasteiger partial charge in [0.1, 0.15) is 5.82 Å². The quantitative estimate of drug-likeness (QED) is 0.922. The standard InChI is InChI=1S/C13H19FN2O2S/c1-10-5-2-3-8-16(10)19(17,18)13-7-4-6-12(14)11(13)9-15/h4,6-7,10H,2-3,5,8-9,15H2,1H3. The van der Waals surface area contributed by atoms with Crippen LogP contribution in [0.25, 0.3) is 0 Å². The number of nitrogens with zero attached hydrogens (tertiary/aromatic N) is 1. The third-order valence-electron chi connectivity index (χ3n) is 3.61. The molecule has 106 valence electrons. The Morgan fingerprint density at radius 2 is 2.16 bits per heavy atom. The van der Waals surface area contributed by atoms with Gasteiger partial charge in [0.25, 0.3) is 0 Å². The van der Waals surface area contributed by atoms with Crippen LogP contribution in [0.2, 0.25) is 0 Å². The smallest absolute Gasteiger partial charge is 0.243 e. The van der Waals surface area contributed by atoms with Crippen molar-refractivity contribution in [2.75, 3.05) is 6.54 Å². The minimum atomic E-state index is -3.66. The summed E-state index contributed by atoms with van der Waals surface area (Å²) in [4.78, 5) is 0.00347. The Labute approximate surface area is 113 Å². The van der Waals surface area contributed by atoms with Gasteiger partial charge in [-0.25, -0.2) is 12.8 Å². The van der Waals surface area contributed by atoms with Gasteiger partial charge in [-0.3, -0.25) is 0 Å². The first-order chi connectivity index (χ1) is 8.98. The van der Waals surface area contributed by atoms with Crippen LogP contribution in [0.3, 0.4) is 0 Å². The summed E-state index contributed by atoms with van der Waals surface area (Å²) in [6.45, 7) is 2.26. The van der Waals surface area contributed by atoms with E-state index in [9.17, 15) is 12.8 Å². The molecule has 1 aliphatic rings. The van der Waals surface area contributed by atoms with Crippen LogP contribution >= 0.6 is 0 Å². The van der Waals surface area contributed by atoms with Gasteiger partial charge in [0.05, 0.1) is 4.90 Å². The zero-order valence-electron chi connectivity index (χ0n) is 11.0. The van der Waals surface area contributed by atoms with Gasteiger partial charge in [0.15, 0.2) is 0 Å². The Kier molecular flexibility index (Phi) is 4.23. The van der Waals surface area contributed by atoms with E-state index < -0.39 is 15.8 Å². The van der Waals surface area contributed by atoms with Gasteiger partial charge >= 0.3 is 0 Å². The molecule has 2 N–H and O–H groups in total. The van der Waals surface area contributed by atoms with Crippen molar-refractivity contribution in [3.8, 4) is 0 Å². The number of hydrogen-bond acceptors (Lipinski definition) is 3. The lowest BCUT2D eigenvalue weighted by Gasteiger charge is -2.32. The molecule has 0 saturated carbocycles. The maximum atomic E-state index is 13.7. The van der Waals surface area contributed by atoms with E-state index in [0.29, 0.717) is 6.54 Å². The molecule has 1 aliphatic heterocycles. The maximum absolute atomic E-state index is 13.7. The molecule has 0 spiro atoms. The normalized spacial score (nSPS) is 21.5. The zero-order valence-corrected chi connectivity index (χ0v) is 11.8. The second kappa shape index (κ2) is 5.56. The van der Waals surface area contributed by atoms with Gasteiger partial charge < -0.3 is 5.73 Å². The molecule has 0 aromatic heterocycles. The Morgan fingerprint density at radius 3 is 2.79 bits per heavy atom. The molecule has 1 atom stereocenters. The number of sulfonamides is 1. The largest absolute Gasteiger partial charge is 0.326 e. The highest BCUT2D eigenvalue weighted by molar-refractivity contribution is 7.89. The van der Waals surface area contributed by atoms with Crippen LogP contribution in [-0.2, 0) is 16.6 Å². The molecule has 1 aromatic rings.